The number of nitrogens with one attached hydrogen (secondary N) is 1. The summed E-state index contributed by atoms with van der Waals surface area (Å²) < 4.78 is 31.7. The predicted octanol–water partition coefficient (Wildman–Crippen LogP) is 3.08. The molecule has 26 heavy (non-hydrogen) atoms. The van der Waals surface area contributed by atoms with E-state index in [0.717, 1.165) is 12.1 Å². The minimum absolute atomic E-state index is 0.0115. The lowest BCUT2D eigenvalue weighted by atomic mass is 10.1. The summed E-state index contributed by atoms with van der Waals surface area (Å²) in [5.74, 6) is -2.85. The van der Waals surface area contributed by atoms with E-state index >= 15 is 0 Å². The van der Waals surface area contributed by atoms with Gasteiger partial charge in [-0.2, -0.15) is 0 Å². The van der Waals surface area contributed by atoms with Crippen LogP contribution in [0, 0.1) is 11.6 Å². The average molecular weight is 360 g/mol. The molecule has 1 aliphatic heterocycles. The van der Waals surface area contributed by atoms with Gasteiger partial charge in [0.15, 0.2) is 11.6 Å². The number of rotatable bonds is 3. The lowest BCUT2D eigenvalue weighted by Crippen LogP contribution is -2.44. The first kappa shape index (κ1) is 18.0. The van der Waals surface area contributed by atoms with Crippen molar-refractivity contribution in [3.63, 3.8) is 0 Å². The molecule has 136 valence electrons. The smallest absolute Gasteiger partial charge is 0.255 e. The van der Waals surface area contributed by atoms with Crippen molar-refractivity contribution in [2.75, 3.05) is 25.0 Å². The Morgan fingerprint density at radius 2 is 1.92 bits per heavy atom. The van der Waals surface area contributed by atoms with E-state index in [9.17, 15) is 18.4 Å². The van der Waals surface area contributed by atoms with Crippen LogP contribution in [0.3, 0.4) is 0 Å². The predicted molar refractivity (Wildman–Crippen MR) is 92.1 cm³/mol. The number of halogens is 2. The first-order valence-corrected chi connectivity index (χ1v) is 8.21. The number of anilines is 1. The van der Waals surface area contributed by atoms with Gasteiger partial charge in [-0.25, -0.2) is 8.78 Å². The van der Waals surface area contributed by atoms with E-state index in [1.54, 1.807) is 29.2 Å². The quantitative estimate of drug-likeness (QED) is 0.915. The molecule has 1 atom stereocenters. The average Bonchev–Trinajstić information content (AvgIpc) is 2.63. The molecule has 2 aromatic carbocycles. The van der Waals surface area contributed by atoms with Gasteiger partial charge in [0.25, 0.3) is 11.8 Å². The highest BCUT2D eigenvalue weighted by Crippen LogP contribution is 2.17. The van der Waals surface area contributed by atoms with Crippen LogP contribution in [0.25, 0.3) is 0 Å². The molecule has 1 N–H and O–H groups in total. The zero-order valence-corrected chi connectivity index (χ0v) is 14.2. The monoisotopic (exact) mass is 360 g/mol. The Kier molecular flexibility index (Phi) is 5.27. The molecular formula is C19H18F2N2O3. The van der Waals surface area contributed by atoms with Crippen molar-refractivity contribution < 1.29 is 23.1 Å². The van der Waals surface area contributed by atoms with Crippen LogP contribution < -0.4 is 5.32 Å². The fraction of sp³-hybridized carbons (Fsp3) is 0.263. The lowest BCUT2D eigenvalue weighted by molar-refractivity contribution is -0.0124. The lowest BCUT2D eigenvalue weighted by Gasteiger charge is -2.31. The number of hydrogen-bond acceptors (Lipinski definition) is 3. The SMILES string of the molecule is CC1CN(C(=O)c2cccc(NC(=O)c3ccc(F)c(F)c3)c2)CCO1. The third-order valence-corrected chi connectivity index (χ3v) is 4.08. The number of morpholine rings is 1. The van der Waals surface area contributed by atoms with E-state index < -0.39 is 17.5 Å². The number of amides is 2. The standard InChI is InChI=1S/C19H18F2N2O3/c1-12-11-23(7-8-26-12)19(25)14-3-2-4-15(9-14)22-18(24)13-5-6-16(20)17(21)10-13/h2-6,9-10,12H,7-8,11H2,1H3,(H,22,24). The summed E-state index contributed by atoms with van der Waals surface area (Å²) in [6.07, 6.45) is -0.0241. The van der Waals surface area contributed by atoms with Gasteiger partial charge in [0, 0.05) is 29.9 Å². The first-order chi connectivity index (χ1) is 12.4. The molecule has 2 aromatic rings. The number of nitrogens with zero attached hydrogens (tertiary/aromatic N) is 1. The minimum atomic E-state index is -1.09. The molecular weight excluding hydrogens is 342 g/mol. The van der Waals surface area contributed by atoms with Crippen LogP contribution in [-0.2, 0) is 4.74 Å². The second-order valence-electron chi connectivity index (χ2n) is 6.10. The van der Waals surface area contributed by atoms with E-state index in [0.29, 0.717) is 30.9 Å². The number of benzene rings is 2. The molecule has 0 aliphatic carbocycles. The summed E-state index contributed by atoms with van der Waals surface area (Å²) in [5, 5.41) is 2.59. The van der Waals surface area contributed by atoms with Gasteiger partial charge in [-0.3, -0.25) is 9.59 Å². The van der Waals surface area contributed by atoms with E-state index in [1.165, 1.54) is 6.07 Å². The second-order valence-corrected chi connectivity index (χ2v) is 6.10. The topological polar surface area (TPSA) is 58.6 Å². The summed E-state index contributed by atoms with van der Waals surface area (Å²) in [6.45, 7) is 3.40. The molecule has 0 bridgehead atoms. The van der Waals surface area contributed by atoms with Crippen molar-refractivity contribution >= 4 is 17.5 Å². The molecule has 1 unspecified atom stereocenters. The zero-order chi connectivity index (χ0) is 18.7. The van der Waals surface area contributed by atoms with Crippen LogP contribution in [0.4, 0.5) is 14.5 Å². The van der Waals surface area contributed by atoms with Crippen LogP contribution in [0.15, 0.2) is 42.5 Å². The molecule has 1 heterocycles. The molecule has 1 fully saturated rings. The van der Waals surface area contributed by atoms with Crippen molar-refractivity contribution in [2.45, 2.75) is 13.0 Å². The highest BCUT2D eigenvalue weighted by Gasteiger charge is 2.22. The summed E-state index contributed by atoms with van der Waals surface area (Å²) in [7, 11) is 0. The van der Waals surface area contributed by atoms with Crippen LogP contribution in [0.2, 0.25) is 0 Å². The molecule has 1 aliphatic rings. The molecule has 0 aromatic heterocycles. The highest BCUT2D eigenvalue weighted by molar-refractivity contribution is 6.05. The molecule has 7 heteroatoms. The maximum atomic E-state index is 13.3. The Hall–Kier alpha value is -2.80. The van der Waals surface area contributed by atoms with E-state index in [4.69, 9.17) is 4.74 Å². The van der Waals surface area contributed by atoms with Gasteiger partial charge in [0.2, 0.25) is 0 Å². The van der Waals surface area contributed by atoms with Gasteiger partial charge in [0.05, 0.1) is 12.7 Å². The maximum Gasteiger partial charge on any atom is 0.255 e. The molecule has 5 nitrogen and oxygen atoms in total. The van der Waals surface area contributed by atoms with Crippen molar-refractivity contribution in [1.29, 1.82) is 0 Å². The van der Waals surface area contributed by atoms with Crippen molar-refractivity contribution in [3.8, 4) is 0 Å². The van der Waals surface area contributed by atoms with Gasteiger partial charge in [0.1, 0.15) is 0 Å². The third-order valence-electron chi connectivity index (χ3n) is 4.08. The summed E-state index contributed by atoms with van der Waals surface area (Å²) >= 11 is 0. The van der Waals surface area contributed by atoms with Gasteiger partial charge < -0.3 is 15.0 Å². The van der Waals surface area contributed by atoms with Crippen molar-refractivity contribution in [2.24, 2.45) is 0 Å². The summed E-state index contributed by atoms with van der Waals surface area (Å²) in [6, 6.07) is 9.40. The Morgan fingerprint density at radius 3 is 2.65 bits per heavy atom. The number of carbonyl (C=O) groups is 2. The van der Waals surface area contributed by atoms with Crippen LogP contribution in [-0.4, -0.2) is 42.5 Å². The normalized spacial score (nSPS) is 17.0. The van der Waals surface area contributed by atoms with E-state index in [2.05, 4.69) is 5.32 Å². The van der Waals surface area contributed by atoms with E-state index in [1.807, 2.05) is 6.92 Å². The molecule has 3 rings (SSSR count). The van der Waals surface area contributed by atoms with Crippen molar-refractivity contribution in [3.05, 3.63) is 65.2 Å². The largest absolute Gasteiger partial charge is 0.375 e. The molecule has 0 saturated carbocycles. The van der Waals surface area contributed by atoms with Crippen molar-refractivity contribution in [1.82, 2.24) is 4.90 Å². The van der Waals surface area contributed by atoms with Crippen LogP contribution in [0.1, 0.15) is 27.6 Å². The Labute approximate surface area is 149 Å². The first-order valence-electron chi connectivity index (χ1n) is 8.21. The Morgan fingerprint density at radius 1 is 1.12 bits per heavy atom. The zero-order valence-electron chi connectivity index (χ0n) is 14.2. The van der Waals surface area contributed by atoms with Crippen LogP contribution >= 0.6 is 0 Å². The molecule has 1 saturated heterocycles. The fourth-order valence-corrected chi connectivity index (χ4v) is 2.76. The summed E-state index contributed by atoms with van der Waals surface area (Å²) in [5.41, 5.74) is 0.816. The molecule has 0 spiro atoms. The second kappa shape index (κ2) is 7.61. The van der Waals surface area contributed by atoms with E-state index in [-0.39, 0.29) is 17.6 Å². The summed E-state index contributed by atoms with van der Waals surface area (Å²) in [4.78, 5) is 26.5. The highest BCUT2D eigenvalue weighted by atomic mass is 19.2. The number of ether oxygens (including phenoxy) is 1. The Balaban J connectivity index is 1.73. The minimum Gasteiger partial charge on any atom is -0.375 e. The maximum absolute atomic E-state index is 13.3. The molecule has 0 radical (unpaired) electrons. The number of hydrogen-bond donors (Lipinski definition) is 1. The van der Waals surface area contributed by atoms with Gasteiger partial charge in [-0.05, 0) is 43.3 Å². The third kappa shape index (κ3) is 4.05. The fourth-order valence-electron chi connectivity index (χ4n) is 2.76. The van der Waals surface area contributed by atoms with Crippen LogP contribution in [0.5, 0.6) is 0 Å². The Bertz CT molecular complexity index is 841. The van der Waals surface area contributed by atoms with Gasteiger partial charge in [-0.1, -0.05) is 6.07 Å². The molecule has 2 amide bonds. The number of carbonyl (C=O) groups excluding carboxylic acids is 2. The van der Waals surface area contributed by atoms with Gasteiger partial charge >= 0.3 is 0 Å². The van der Waals surface area contributed by atoms with Gasteiger partial charge in [-0.15, -0.1) is 0 Å².